The van der Waals surface area contributed by atoms with Crippen molar-refractivity contribution < 1.29 is 23.6 Å². The Morgan fingerprint density at radius 1 is 1.17 bits per heavy atom. The molecule has 0 aliphatic rings. The Balaban J connectivity index is 2.15. The number of esters is 1. The summed E-state index contributed by atoms with van der Waals surface area (Å²) in [6, 6.07) is 6.62. The fourth-order valence-electron chi connectivity index (χ4n) is 1.94. The van der Waals surface area contributed by atoms with Crippen molar-refractivity contribution in [1.82, 2.24) is 5.16 Å². The van der Waals surface area contributed by atoms with Crippen LogP contribution in [0.25, 0.3) is 0 Å². The molecule has 2 rings (SSSR count). The fraction of sp³-hybridized carbons (Fsp3) is 0.312. The Kier molecular flexibility index (Phi) is 5.35. The number of nitrogens with one attached hydrogen (secondary N) is 1. The fourth-order valence-corrected chi connectivity index (χ4v) is 1.94. The quantitative estimate of drug-likeness (QED) is 0.824. The molecule has 1 aromatic carbocycles. The van der Waals surface area contributed by atoms with Crippen molar-refractivity contribution in [2.75, 3.05) is 18.5 Å². The summed E-state index contributed by atoms with van der Waals surface area (Å²) in [5.74, 6) is -0.366. The summed E-state index contributed by atoms with van der Waals surface area (Å²) in [4.78, 5) is 24.1. The van der Waals surface area contributed by atoms with Crippen LogP contribution in [0.15, 0.2) is 28.8 Å². The summed E-state index contributed by atoms with van der Waals surface area (Å²) >= 11 is 0. The summed E-state index contributed by atoms with van der Waals surface area (Å²) in [5, 5.41) is 6.22. The molecule has 0 fully saturated rings. The first-order valence-electron chi connectivity index (χ1n) is 7.24. The number of aryl methyl sites for hydroxylation is 1. The maximum absolute atomic E-state index is 12.2. The molecule has 0 saturated carbocycles. The number of ether oxygens (including phenoxy) is 2. The SMILES string of the molecule is CCOC(=O)c1c(C)noc1NC(=O)c1ccc(OCC)cc1. The second-order valence-electron chi connectivity index (χ2n) is 4.60. The lowest BCUT2D eigenvalue weighted by atomic mass is 10.2. The molecule has 23 heavy (non-hydrogen) atoms. The van der Waals surface area contributed by atoms with Crippen molar-refractivity contribution in [2.24, 2.45) is 0 Å². The van der Waals surface area contributed by atoms with Gasteiger partial charge in [0, 0.05) is 5.56 Å². The number of aromatic nitrogens is 1. The van der Waals surface area contributed by atoms with Crippen molar-refractivity contribution in [1.29, 1.82) is 0 Å². The standard InChI is InChI=1S/C16H18N2O5/c1-4-21-12-8-6-11(7-9-12)14(19)17-15-13(10(3)18-23-15)16(20)22-5-2/h6-9H,4-5H2,1-3H3,(H,17,19). The van der Waals surface area contributed by atoms with Gasteiger partial charge in [-0.3, -0.25) is 10.1 Å². The lowest BCUT2D eigenvalue weighted by molar-refractivity contribution is 0.0526. The summed E-state index contributed by atoms with van der Waals surface area (Å²) in [5.41, 5.74) is 0.869. The van der Waals surface area contributed by atoms with Crippen LogP contribution >= 0.6 is 0 Å². The van der Waals surface area contributed by atoms with Gasteiger partial charge in [0.25, 0.3) is 5.91 Å². The number of hydrogen-bond donors (Lipinski definition) is 1. The van der Waals surface area contributed by atoms with E-state index in [0.717, 1.165) is 0 Å². The second kappa shape index (κ2) is 7.44. The van der Waals surface area contributed by atoms with Gasteiger partial charge in [0.1, 0.15) is 11.3 Å². The first kappa shape index (κ1) is 16.5. The molecule has 7 heteroatoms. The minimum absolute atomic E-state index is 0.0279. The van der Waals surface area contributed by atoms with Crippen molar-refractivity contribution >= 4 is 17.8 Å². The van der Waals surface area contributed by atoms with Gasteiger partial charge in [-0.1, -0.05) is 5.16 Å². The van der Waals surface area contributed by atoms with Crippen LogP contribution in [0.2, 0.25) is 0 Å². The van der Waals surface area contributed by atoms with E-state index in [1.807, 2.05) is 6.92 Å². The minimum Gasteiger partial charge on any atom is -0.494 e. The first-order chi connectivity index (χ1) is 11.1. The summed E-state index contributed by atoms with van der Waals surface area (Å²) in [6.45, 7) is 5.94. The molecule has 7 nitrogen and oxygen atoms in total. The molecule has 2 aromatic rings. The van der Waals surface area contributed by atoms with E-state index < -0.39 is 11.9 Å². The van der Waals surface area contributed by atoms with Crippen molar-refractivity contribution in [3.05, 3.63) is 41.1 Å². The molecular formula is C16H18N2O5. The Labute approximate surface area is 133 Å². The molecule has 0 atom stereocenters. The molecule has 0 unspecified atom stereocenters. The van der Waals surface area contributed by atoms with Crippen LogP contribution in [0.4, 0.5) is 5.88 Å². The van der Waals surface area contributed by atoms with E-state index >= 15 is 0 Å². The Morgan fingerprint density at radius 3 is 2.48 bits per heavy atom. The van der Waals surface area contributed by atoms with Crippen molar-refractivity contribution in [2.45, 2.75) is 20.8 Å². The number of nitrogens with zero attached hydrogens (tertiary/aromatic N) is 1. The highest BCUT2D eigenvalue weighted by atomic mass is 16.5. The van der Waals surface area contributed by atoms with E-state index in [1.54, 1.807) is 38.1 Å². The Morgan fingerprint density at radius 2 is 1.87 bits per heavy atom. The van der Waals surface area contributed by atoms with E-state index in [0.29, 0.717) is 23.6 Å². The third kappa shape index (κ3) is 3.88. The highest BCUT2D eigenvalue weighted by Gasteiger charge is 2.23. The average molecular weight is 318 g/mol. The number of benzene rings is 1. The predicted octanol–water partition coefficient (Wildman–Crippen LogP) is 2.81. The van der Waals surface area contributed by atoms with Crippen LogP contribution < -0.4 is 10.1 Å². The minimum atomic E-state index is -0.590. The lowest BCUT2D eigenvalue weighted by Crippen LogP contribution is -2.15. The maximum Gasteiger partial charge on any atom is 0.345 e. The van der Waals surface area contributed by atoms with E-state index in [9.17, 15) is 9.59 Å². The Bertz CT molecular complexity index is 691. The van der Waals surface area contributed by atoms with Gasteiger partial charge >= 0.3 is 5.97 Å². The summed E-state index contributed by atoms with van der Waals surface area (Å²) < 4.78 is 15.3. The van der Waals surface area contributed by atoms with E-state index in [2.05, 4.69) is 10.5 Å². The van der Waals surface area contributed by atoms with Crippen molar-refractivity contribution in [3.63, 3.8) is 0 Å². The highest BCUT2D eigenvalue weighted by Crippen LogP contribution is 2.21. The van der Waals surface area contributed by atoms with Crippen LogP contribution in [0, 0.1) is 6.92 Å². The van der Waals surface area contributed by atoms with E-state index in [4.69, 9.17) is 14.0 Å². The van der Waals surface area contributed by atoms with Gasteiger partial charge in [0.05, 0.1) is 18.9 Å². The normalized spacial score (nSPS) is 10.2. The molecule has 0 aliphatic heterocycles. The largest absolute Gasteiger partial charge is 0.494 e. The third-order valence-corrected chi connectivity index (χ3v) is 3.00. The van der Waals surface area contributed by atoms with Gasteiger partial charge in [0.2, 0.25) is 5.88 Å². The molecule has 122 valence electrons. The number of carbonyl (C=O) groups is 2. The van der Waals surface area contributed by atoms with Gasteiger partial charge in [0.15, 0.2) is 0 Å². The molecule has 1 heterocycles. The molecule has 1 N–H and O–H groups in total. The summed E-state index contributed by atoms with van der Waals surface area (Å²) in [6.07, 6.45) is 0. The maximum atomic E-state index is 12.2. The zero-order valence-electron chi connectivity index (χ0n) is 13.2. The number of amides is 1. The molecule has 0 aliphatic carbocycles. The molecule has 0 spiro atoms. The van der Waals surface area contributed by atoms with Crippen LogP contribution in [0.1, 0.15) is 40.3 Å². The average Bonchev–Trinajstić information content (AvgIpc) is 2.89. The Hall–Kier alpha value is -2.83. The molecule has 0 bridgehead atoms. The van der Waals surface area contributed by atoms with Crippen molar-refractivity contribution in [3.8, 4) is 5.75 Å². The molecule has 1 amide bonds. The second-order valence-corrected chi connectivity index (χ2v) is 4.60. The van der Waals surface area contributed by atoms with Gasteiger partial charge in [-0.05, 0) is 45.0 Å². The van der Waals surface area contributed by atoms with Gasteiger partial charge in [-0.25, -0.2) is 4.79 Å². The molecule has 0 radical (unpaired) electrons. The van der Waals surface area contributed by atoms with Gasteiger partial charge in [-0.2, -0.15) is 0 Å². The van der Waals surface area contributed by atoms with E-state index in [-0.39, 0.29) is 18.1 Å². The molecule has 1 aromatic heterocycles. The smallest absolute Gasteiger partial charge is 0.345 e. The van der Waals surface area contributed by atoms with Crippen LogP contribution in [-0.2, 0) is 4.74 Å². The zero-order chi connectivity index (χ0) is 16.8. The number of anilines is 1. The predicted molar refractivity (Wildman–Crippen MR) is 82.8 cm³/mol. The van der Waals surface area contributed by atoms with Gasteiger partial charge < -0.3 is 14.0 Å². The van der Waals surface area contributed by atoms with Crippen LogP contribution in [-0.4, -0.2) is 30.2 Å². The first-order valence-corrected chi connectivity index (χ1v) is 7.24. The third-order valence-electron chi connectivity index (χ3n) is 3.00. The highest BCUT2D eigenvalue weighted by molar-refractivity contribution is 6.07. The number of hydrogen-bond acceptors (Lipinski definition) is 6. The van der Waals surface area contributed by atoms with Crippen LogP contribution in [0.5, 0.6) is 5.75 Å². The van der Waals surface area contributed by atoms with Gasteiger partial charge in [-0.15, -0.1) is 0 Å². The van der Waals surface area contributed by atoms with Crippen LogP contribution in [0.3, 0.4) is 0 Å². The molecular weight excluding hydrogens is 300 g/mol. The zero-order valence-corrected chi connectivity index (χ0v) is 13.2. The monoisotopic (exact) mass is 318 g/mol. The summed E-state index contributed by atoms with van der Waals surface area (Å²) in [7, 11) is 0. The van der Waals surface area contributed by atoms with E-state index in [1.165, 1.54) is 0 Å². The lowest BCUT2D eigenvalue weighted by Gasteiger charge is -2.06. The number of rotatable bonds is 6. The number of carbonyl (C=O) groups excluding carboxylic acids is 2. The topological polar surface area (TPSA) is 90.7 Å². The molecule has 0 saturated heterocycles.